The fourth-order valence-electron chi connectivity index (χ4n) is 2.09. The van der Waals surface area contributed by atoms with E-state index in [0.717, 1.165) is 16.8 Å². The fourth-order valence-corrected chi connectivity index (χ4v) is 2.62. The number of aryl methyl sites for hydroxylation is 2. The first-order valence-electron chi connectivity index (χ1n) is 6.50. The Morgan fingerprint density at radius 1 is 0.905 bits per heavy atom. The highest BCUT2D eigenvalue weighted by Crippen LogP contribution is 2.22. The van der Waals surface area contributed by atoms with Crippen LogP contribution in [0.3, 0.4) is 0 Å². The molecule has 2 rings (SSSR count). The maximum atomic E-state index is 11.9. The highest BCUT2D eigenvalue weighted by atomic mass is 35.5. The Labute approximate surface area is 134 Å². The molecule has 0 fully saturated rings. The molecule has 21 heavy (non-hydrogen) atoms. The minimum atomic E-state index is -0.160. The molecule has 0 heterocycles. The van der Waals surface area contributed by atoms with E-state index in [0.29, 0.717) is 15.7 Å². The monoisotopic (exact) mass is 322 g/mol. The van der Waals surface area contributed by atoms with E-state index in [1.807, 2.05) is 26.0 Å². The van der Waals surface area contributed by atoms with Gasteiger partial charge in [-0.25, -0.2) is 0 Å². The summed E-state index contributed by atoms with van der Waals surface area (Å²) in [7, 11) is 0. The molecule has 0 radical (unpaired) electrons. The van der Waals surface area contributed by atoms with Crippen molar-refractivity contribution in [2.24, 2.45) is 0 Å². The third-order valence-corrected chi connectivity index (χ3v) is 3.26. The fraction of sp³-hybridized carbons (Fsp3) is 0.188. The molecule has 0 aliphatic rings. The Kier molecular flexibility index (Phi) is 5.10. The van der Waals surface area contributed by atoms with Gasteiger partial charge in [-0.05, 0) is 55.3 Å². The number of nitrogens with one attached hydrogen (secondary N) is 2. The van der Waals surface area contributed by atoms with Gasteiger partial charge in [-0.15, -0.1) is 0 Å². The first-order chi connectivity index (χ1) is 9.92. The van der Waals surface area contributed by atoms with Crippen LogP contribution in [-0.2, 0) is 4.79 Å². The average molecular weight is 323 g/mol. The zero-order valence-electron chi connectivity index (χ0n) is 11.8. The molecule has 0 saturated carbocycles. The topological polar surface area (TPSA) is 41.1 Å². The molecule has 0 bridgehead atoms. The second-order valence-electron chi connectivity index (χ2n) is 4.94. The number of hydrogen-bond acceptors (Lipinski definition) is 2. The van der Waals surface area contributed by atoms with Crippen LogP contribution in [0.15, 0.2) is 36.4 Å². The maximum absolute atomic E-state index is 11.9. The van der Waals surface area contributed by atoms with Crippen molar-refractivity contribution in [1.29, 1.82) is 0 Å². The van der Waals surface area contributed by atoms with E-state index in [4.69, 9.17) is 23.2 Å². The SMILES string of the molecule is Cc1cc(C)cc(NCC(=O)Nc2cc(Cl)cc(Cl)c2)c1. The van der Waals surface area contributed by atoms with Crippen LogP contribution in [0.4, 0.5) is 11.4 Å². The molecule has 2 aromatic carbocycles. The van der Waals surface area contributed by atoms with Gasteiger partial charge in [0.15, 0.2) is 0 Å². The summed E-state index contributed by atoms with van der Waals surface area (Å²) < 4.78 is 0. The lowest BCUT2D eigenvalue weighted by atomic mass is 10.1. The lowest BCUT2D eigenvalue weighted by Crippen LogP contribution is -2.21. The smallest absolute Gasteiger partial charge is 0.243 e. The quantitative estimate of drug-likeness (QED) is 0.859. The molecule has 3 nitrogen and oxygen atoms in total. The third-order valence-electron chi connectivity index (χ3n) is 2.82. The summed E-state index contributed by atoms with van der Waals surface area (Å²) in [5, 5.41) is 6.82. The molecular weight excluding hydrogens is 307 g/mol. The van der Waals surface area contributed by atoms with Gasteiger partial charge in [0.2, 0.25) is 5.91 Å². The van der Waals surface area contributed by atoms with Crippen LogP contribution in [0, 0.1) is 13.8 Å². The van der Waals surface area contributed by atoms with E-state index >= 15 is 0 Å². The standard InChI is InChI=1S/C16H16Cl2N2O/c1-10-3-11(2)5-14(4-10)19-9-16(21)20-15-7-12(17)6-13(18)8-15/h3-8,19H,9H2,1-2H3,(H,20,21). The van der Waals surface area contributed by atoms with E-state index in [9.17, 15) is 4.79 Å². The molecule has 5 heteroatoms. The molecule has 2 N–H and O–H groups in total. The Balaban J connectivity index is 1.95. The van der Waals surface area contributed by atoms with Crippen molar-refractivity contribution in [2.45, 2.75) is 13.8 Å². The van der Waals surface area contributed by atoms with Gasteiger partial charge in [-0.1, -0.05) is 29.3 Å². The molecule has 0 unspecified atom stereocenters. The second kappa shape index (κ2) is 6.83. The van der Waals surface area contributed by atoms with Gasteiger partial charge in [0.1, 0.15) is 0 Å². The van der Waals surface area contributed by atoms with Gasteiger partial charge in [0, 0.05) is 21.4 Å². The Bertz CT molecular complexity index is 631. The molecular formula is C16H16Cl2N2O. The zero-order chi connectivity index (χ0) is 15.4. The summed E-state index contributed by atoms with van der Waals surface area (Å²) in [5.74, 6) is -0.160. The zero-order valence-corrected chi connectivity index (χ0v) is 13.3. The molecule has 0 saturated heterocycles. The van der Waals surface area contributed by atoms with Crippen LogP contribution in [0.5, 0.6) is 0 Å². The van der Waals surface area contributed by atoms with Gasteiger partial charge in [0.05, 0.1) is 6.54 Å². The predicted octanol–water partition coefficient (Wildman–Crippen LogP) is 4.66. The second-order valence-corrected chi connectivity index (χ2v) is 5.81. The lowest BCUT2D eigenvalue weighted by Gasteiger charge is -2.10. The van der Waals surface area contributed by atoms with Crippen molar-refractivity contribution in [2.75, 3.05) is 17.2 Å². The summed E-state index contributed by atoms with van der Waals surface area (Å²) in [5.41, 5.74) is 3.81. The maximum Gasteiger partial charge on any atom is 0.243 e. The number of rotatable bonds is 4. The van der Waals surface area contributed by atoms with Gasteiger partial charge in [-0.3, -0.25) is 4.79 Å². The number of benzene rings is 2. The van der Waals surface area contributed by atoms with E-state index in [1.165, 1.54) is 0 Å². The van der Waals surface area contributed by atoms with Crippen LogP contribution in [0.25, 0.3) is 0 Å². The first-order valence-corrected chi connectivity index (χ1v) is 7.26. The number of carbonyl (C=O) groups excluding carboxylic acids is 1. The van der Waals surface area contributed by atoms with Gasteiger partial charge in [-0.2, -0.15) is 0 Å². The molecule has 1 amide bonds. The van der Waals surface area contributed by atoms with Crippen molar-refractivity contribution in [3.63, 3.8) is 0 Å². The number of amides is 1. The number of halogens is 2. The van der Waals surface area contributed by atoms with E-state index in [-0.39, 0.29) is 12.5 Å². The Morgan fingerprint density at radius 2 is 1.48 bits per heavy atom. The molecule has 0 aromatic heterocycles. The highest BCUT2D eigenvalue weighted by molar-refractivity contribution is 6.35. The Morgan fingerprint density at radius 3 is 2.05 bits per heavy atom. The van der Waals surface area contributed by atoms with Crippen LogP contribution < -0.4 is 10.6 Å². The summed E-state index contributed by atoms with van der Waals surface area (Å²) in [6.45, 7) is 4.21. The van der Waals surface area contributed by atoms with Crippen LogP contribution in [0.1, 0.15) is 11.1 Å². The molecule has 110 valence electrons. The summed E-state index contributed by atoms with van der Waals surface area (Å²) >= 11 is 11.8. The average Bonchev–Trinajstić information content (AvgIpc) is 2.34. The van der Waals surface area contributed by atoms with Crippen molar-refractivity contribution < 1.29 is 4.79 Å². The van der Waals surface area contributed by atoms with Crippen LogP contribution in [-0.4, -0.2) is 12.5 Å². The van der Waals surface area contributed by atoms with E-state index < -0.39 is 0 Å². The van der Waals surface area contributed by atoms with E-state index in [1.54, 1.807) is 18.2 Å². The molecule has 2 aromatic rings. The highest BCUT2D eigenvalue weighted by Gasteiger charge is 2.05. The van der Waals surface area contributed by atoms with Gasteiger partial charge < -0.3 is 10.6 Å². The van der Waals surface area contributed by atoms with Gasteiger partial charge >= 0.3 is 0 Å². The predicted molar refractivity (Wildman–Crippen MR) is 89.5 cm³/mol. The van der Waals surface area contributed by atoms with Crippen LogP contribution >= 0.6 is 23.2 Å². The third kappa shape index (κ3) is 4.96. The number of carbonyl (C=O) groups is 1. The van der Waals surface area contributed by atoms with Crippen molar-refractivity contribution >= 4 is 40.5 Å². The summed E-state index contributed by atoms with van der Waals surface area (Å²) in [6.07, 6.45) is 0. The Hall–Kier alpha value is -1.71. The van der Waals surface area contributed by atoms with Crippen molar-refractivity contribution in [1.82, 2.24) is 0 Å². The first kappa shape index (κ1) is 15.7. The van der Waals surface area contributed by atoms with Crippen molar-refractivity contribution in [3.8, 4) is 0 Å². The summed E-state index contributed by atoms with van der Waals surface area (Å²) in [4.78, 5) is 11.9. The molecule has 0 atom stereocenters. The largest absolute Gasteiger partial charge is 0.376 e. The lowest BCUT2D eigenvalue weighted by molar-refractivity contribution is -0.114. The number of hydrogen-bond donors (Lipinski definition) is 2. The molecule has 0 aliphatic heterocycles. The minimum Gasteiger partial charge on any atom is -0.376 e. The van der Waals surface area contributed by atoms with E-state index in [2.05, 4.69) is 16.7 Å². The van der Waals surface area contributed by atoms with Crippen molar-refractivity contribution in [3.05, 3.63) is 57.6 Å². The van der Waals surface area contributed by atoms with Gasteiger partial charge in [0.25, 0.3) is 0 Å². The summed E-state index contributed by atoms with van der Waals surface area (Å²) in [6, 6.07) is 11.0. The normalized spacial score (nSPS) is 10.3. The minimum absolute atomic E-state index is 0.160. The van der Waals surface area contributed by atoms with Crippen LogP contribution in [0.2, 0.25) is 10.0 Å². The number of anilines is 2. The molecule has 0 spiro atoms. The molecule has 0 aliphatic carbocycles.